The fourth-order valence-corrected chi connectivity index (χ4v) is 3.63. The molecule has 1 aromatic heterocycles. The average molecular weight is 374 g/mol. The van der Waals surface area contributed by atoms with Gasteiger partial charge in [-0.2, -0.15) is 0 Å². The van der Waals surface area contributed by atoms with Crippen LogP contribution >= 0.6 is 11.3 Å². The lowest BCUT2D eigenvalue weighted by Crippen LogP contribution is -2.32. The maximum Gasteiger partial charge on any atom is 0.286 e. The third-order valence-electron chi connectivity index (χ3n) is 4.30. The molecule has 1 heterocycles. The van der Waals surface area contributed by atoms with Gasteiger partial charge in [0, 0.05) is 24.6 Å². The molecule has 1 fully saturated rings. The van der Waals surface area contributed by atoms with Crippen molar-refractivity contribution >= 4 is 28.8 Å². The number of rotatable bonds is 7. The van der Waals surface area contributed by atoms with Crippen LogP contribution in [0.5, 0.6) is 5.75 Å². The van der Waals surface area contributed by atoms with Crippen molar-refractivity contribution in [1.82, 2.24) is 15.5 Å². The number of amides is 2. The van der Waals surface area contributed by atoms with Gasteiger partial charge >= 0.3 is 0 Å². The van der Waals surface area contributed by atoms with Crippen LogP contribution in [0, 0.1) is 0 Å². The van der Waals surface area contributed by atoms with Crippen molar-refractivity contribution in [2.45, 2.75) is 44.6 Å². The zero-order chi connectivity index (χ0) is 18.4. The van der Waals surface area contributed by atoms with E-state index in [9.17, 15) is 9.59 Å². The molecule has 26 heavy (non-hydrogen) atoms. The largest absolute Gasteiger partial charge is 0.497 e. The normalized spacial score (nSPS) is 14.2. The molecule has 0 spiro atoms. The number of hydrogen-bond acceptors (Lipinski definition) is 6. The summed E-state index contributed by atoms with van der Waals surface area (Å²) in [4.78, 5) is 24.2. The van der Waals surface area contributed by atoms with E-state index in [4.69, 9.17) is 4.74 Å². The number of benzene rings is 1. The van der Waals surface area contributed by atoms with Crippen LogP contribution in [0.3, 0.4) is 0 Å². The van der Waals surface area contributed by atoms with Crippen LogP contribution in [0.2, 0.25) is 0 Å². The van der Waals surface area contributed by atoms with Gasteiger partial charge in [0.2, 0.25) is 10.9 Å². The van der Waals surface area contributed by atoms with Crippen LogP contribution in [0.15, 0.2) is 24.3 Å². The van der Waals surface area contributed by atoms with Gasteiger partial charge < -0.3 is 15.4 Å². The van der Waals surface area contributed by atoms with Crippen molar-refractivity contribution in [3.05, 3.63) is 34.3 Å². The predicted octanol–water partition coefficient (Wildman–Crippen LogP) is 2.79. The van der Waals surface area contributed by atoms with Crippen LogP contribution in [-0.4, -0.2) is 35.2 Å². The van der Waals surface area contributed by atoms with E-state index < -0.39 is 0 Å². The Morgan fingerprint density at radius 2 is 1.92 bits per heavy atom. The fourth-order valence-electron chi connectivity index (χ4n) is 2.90. The van der Waals surface area contributed by atoms with Gasteiger partial charge in [-0.25, -0.2) is 0 Å². The number of methoxy groups -OCH3 is 1. The summed E-state index contributed by atoms with van der Waals surface area (Å²) >= 11 is 1.21. The molecule has 0 bridgehead atoms. The van der Waals surface area contributed by atoms with Crippen molar-refractivity contribution in [1.29, 1.82) is 0 Å². The minimum Gasteiger partial charge on any atom is -0.497 e. The first kappa shape index (κ1) is 18.3. The number of nitrogens with one attached hydrogen (secondary N) is 2. The Morgan fingerprint density at radius 1 is 1.19 bits per heavy atom. The van der Waals surface area contributed by atoms with Gasteiger partial charge in [-0.3, -0.25) is 9.59 Å². The van der Waals surface area contributed by atoms with Gasteiger partial charge in [0.25, 0.3) is 5.91 Å². The Labute approximate surface area is 156 Å². The number of anilines is 1. The fraction of sp³-hybridized carbons (Fsp3) is 0.444. The lowest BCUT2D eigenvalue weighted by Gasteiger charge is -2.10. The monoisotopic (exact) mass is 374 g/mol. The zero-order valence-electron chi connectivity index (χ0n) is 14.7. The van der Waals surface area contributed by atoms with Gasteiger partial charge in [-0.05, 0) is 37.1 Å². The SMILES string of the molecule is COc1ccc(NC(=O)c2nnc(CCC(=O)NC3CCCC3)s2)cc1. The van der Waals surface area contributed by atoms with Crippen molar-refractivity contribution < 1.29 is 14.3 Å². The summed E-state index contributed by atoms with van der Waals surface area (Å²) in [5.74, 6) is 0.447. The molecule has 2 aromatic rings. The molecule has 7 nitrogen and oxygen atoms in total. The number of carbonyl (C=O) groups excluding carboxylic acids is 2. The number of aryl methyl sites for hydroxylation is 1. The molecule has 0 atom stereocenters. The summed E-state index contributed by atoms with van der Waals surface area (Å²) in [6.45, 7) is 0. The summed E-state index contributed by atoms with van der Waals surface area (Å²) < 4.78 is 5.08. The predicted molar refractivity (Wildman–Crippen MR) is 99.6 cm³/mol. The molecular formula is C18H22N4O3S. The molecule has 1 aliphatic carbocycles. The maximum atomic E-state index is 12.2. The Morgan fingerprint density at radius 3 is 2.62 bits per heavy atom. The first-order valence-electron chi connectivity index (χ1n) is 8.71. The second kappa shape index (κ2) is 8.75. The number of hydrogen-bond donors (Lipinski definition) is 2. The first-order chi connectivity index (χ1) is 12.6. The van der Waals surface area contributed by atoms with Crippen molar-refractivity contribution in [2.24, 2.45) is 0 Å². The number of aromatic nitrogens is 2. The highest BCUT2D eigenvalue weighted by Crippen LogP contribution is 2.19. The van der Waals surface area contributed by atoms with E-state index >= 15 is 0 Å². The lowest BCUT2D eigenvalue weighted by molar-refractivity contribution is -0.121. The van der Waals surface area contributed by atoms with Gasteiger partial charge in [0.1, 0.15) is 10.8 Å². The number of nitrogens with zero attached hydrogens (tertiary/aromatic N) is 2. The molecule has 2 N–H and O–H groups in total. The molecule has 2 amide bonds. The Kier molecular flexibility index (Phi) is 6.17. The third-order valence-corrected chi connectivity index (χ3v) is 5.28. The van der Waals surface area contributed by atoms with E-state index in [2.05, 4.69) is 20.8 Å². The Bertz CT molecular complexity index is 754. The lowest BCUT2D eigenvalue weighted by atomic mass is 10.2. The average Bonchev–Trinajstić information content (AvgIpc) is 3.32. The minimum atomic E-state index is -0.311. The summed E-state index contributed by atoms with van der Waals surface area (Å²) in [6, 6.07) is 7.37. The van der Waals surface area contributed by atoms with Crippen molar-refractivity contribution in [2.75, 3.05) is 12.4 Å². The van der Waals surface area contributed by atoms with Crippen molar-refractivity contribution in [3.63, 3.8) is 0 Å². The number of carbonyl (C=O) groups is 2. The Hall–Kier alpha value is -2.48. The molecule has 0 aliphatic heterocycles. The summed E-state index contributed by atoms with van der Waals surface area (Å²) in [7, 11) is 1.59. The zero-order valence-corrected chi connectivity index (χ0v) is 15.5. The van der Waals surface area contributed by atoms with E-state index in [1.54, 1.807) is 31.4 Å². The van der Waals surface area contributed by atoms with Gasteiger partial charge in [-0.15, -0.1) is 10.2 Å². The molecule has 138 valence electrons. The quantitative estimate of drug-likeness (QED) is 0.777. The topological polar surface area (TPSA) is 93.2 Å². The van der Waals surface area contributed by atoms with E-state index in [1.807, 2.05) is 0 Å². The van der Waals surface area contributed by atoms with Crippen molar-refractivity contribution in [3.8, 4) is 5.75 Å². The van der Waals surface area contributed by atoms with Crippen LogP contribution in [0.4, 0.5) is 5.69 Å². The van der Waals surface area contributed by atoms with E-state index in [0.29, 0.717) is 29.6 Å². The van der Waals surface area contributed by atoms with E-state index in [0.717, 1.165) is 18.6 Å². The summed E-state index contributed by atoms with van der Waals surface area (Å²) in [5.41, 5.74) is 0.656. The smallest absolute Gasteiger partial charge is 0.286 e. The van der Waals surface area contributed by atoms with E-state index in [1.165, 1.54) is 24.2 Å². The van der Waals surface area contributed by atoms with Gasteiger partial charge in [0.15, 0.2) is 0 Å². The highest BCUT2D eigenvalue weighted by molar-refractivity contribution is 7.13. The maximum absolute atomic E-state index is 12.2. The molecule has 1 aliphatic rings. The molecule has 1 aromatic carbocycles. The van der Waals surface area contributed by atoms with E-state index in [-0.39, 0.29) is 16.8 Å². The van der Waals surface area contributed by atoms with Crippen LogP contribution in [-0.2, 0) is 11.2 Å². The summed E-state index contributed by atoms with van der Waals surface area (Å²) in [5, 5.41) is 14.7. The highest BCUT2D eigenvalue weighted by atomic mass is 32.1. The molecule has 0 saturated heterocycles. The summed E-state index contributed by atoms with van der Waals surface area (Å²) in [6.07, 6.45) is 5.37. The van der Waals surface area contributed by atoms with Crippen LogP contribution in [0.1, 0.15) is 46.9 Å². The molecule has 3 rings (SSSR count). The molecule has 8 heteroatoms. The second-order valence-corrected chi connectivity index (χ2v) is 7.29. The van der Waals surface area contributed by atoms with Crippen LogP contribution in [0.25, 0.3) is 0 Å². The molecule has 1 saturated carbocycles. The highest BCUT2D eigenvalue weighted by Gasteiger charge is 2.18. The first-order valence-corrected chi connectivity index (χ1v) is 9.53. The molecule has 0 unspecified atom stereocenters. The standard InChI is InChI=1S/C18H22N4O3S/c1-25-14-8-6-13(7-9-14)20-17(24)18-22-21-16(26-18)11-10-15(23)19-12-4-2-3-5-12/h6-9,12H,2-5,10-11H2,1H3,(H,19,23)(H,20,24). The molecular weight excluding hydrogens is 352 g/mol. The number of ether oxygens (including phenoxy) is 1. The Balaban J connectivity index is 1.48. The molecule has 0 radical (unpaired) electrons. The van der Waals surface area contributed by atoms with Gasteiger partial charge in [-0.1, -0.05) is 24.2 Å². The second-order valence-electron chi connectivity index (χ2n) is 6.23. The van der Waals surface area contributed by atoms with Gasteiger partial charge in [0.05, 0.1) is 7.11 Å². The third kappa shape index (κ3) is 5.01. The van der Waals surface area contributed by atoms with Crippen LogP contribution < -0.4 is 15.4 Å². The minimum absolute atomic E-state index is 0.0383.